The maximum absolute atomic E-state index is 11.7. The lowest BCUT2D eigenvalue weighted by Gasteiger charge is -2.29. The summed E-state index contributed by atoms with van der Waals surface area (Å²) in [5.41, 5.74) is 0.985. The van der Waals surface area contributed by atoms with Gasteiger partial charge in [-0.05, 0) is 24.5 Å². The van der Waals surface area contributed by atoms with E-state index >= 15 is 0 Å². The molecule has 3 rings (SSSR count). The molecule has 0 aliphatic carbocycles. The second-order valence-corrected chi connectivity index (χ2v) is 8.28. The summed E-state index contributed by atoms with van der Waals surface area (Å²) >= 11 is 6.16. The molecule has 1 fully saturated rings. The number of hydrogen-bond acceptors (Lipinski definition) is 4. The average Bonchev–Trinajstić information content (AvgIpc) is 2.98. The quantitative estimate of drug-likeness (QED) is 0.846. The minimum atomic E-state index is -3.17. The monoisotopic (exact) mass is 354 g/mol. The Labute approximate surface area is 141 Å². The molecule has 1 aromatic carbocycles. The van der Waals surface area contributed by atoms with E-state index in [1.165, 1.54) is 10.6 Å². The van der Waals surface area contributed by atoms with Crippen LogP contribution in [0.1, 0.15) is 36.0 Å². The van der Waals surface area contributed by atoms with Gasteiger partial charge in [0.25, 0.3) is 0 Å². The number of rotatable bonds is 4. The predicted molar refractivity (Wildman–Crippen MR) is 89.2 cm³/mol. The highest BCUT2D eigenvalue weighted by Crippen LogP contribution is 2.28. The molecular formula is C16H19ClN2O3S. The van der Waals surface area contributed by atoms with Gasteiger partial charge in [-0.25, -0.2) is 17.7 Å². The summed E-state index contributed by atoms with van der Waals surface area (Å²) in [6.45, 7) is 1.01. The summed E-state index contributed by atoms with van der Waals surface area (Å²) < 4.78 is 30.8. The van der Waals surface area contributed by atoms with Crippen LogP contribution >= 0.6 is 11.6 Å². The Morgan fingerprint density at radius 1 is 1.39 bits per heavy atom. The van der Waals surface area contributed by atoms with Crippen molar-refractivity contribution in [2.24, 2.45) is 0 Å². The van der Waals surface area contributed by atoms with Crippen LogP contribution < -0.4 is 0 Å². The number of aromatic nitrogens is 1. The molecule has 0 N–H and O–H groups in total. The summed E-state index contributed by atoms with van der Waals surface area (Å²) in [6.07, 6.45) is 5.24. The molecule has 0 unspecified atom stereocenters. The first-order valence-electron chi connectivity index (χ1n) is 7.56. The van der Waals surface area contributed by atoms with Crippen LogP contribution in [-0.4, -0.2) is 37.1 Å². The number of hydrogen-bond donors (Lipinski definition) is 0. The minimum absolute atomic E-state index is 0.0125. The van der Waals surface area contributed by atoms with E-state index in [0.717, 1.165) is 24.2 Å². The predicted octanol–water partition coefficient (Wildman–Crippen LogP) is 3.06. The minimum Gasteiger partial charge on any atom is -0.445 e. The van der Waals surface area contributed by atoms with E-state index < -0.39 is 10.0 Å². The lowest BCUT2D eigenvalue weighted by atomic mass is 10.00. The smallest absolute Gasteiger partial charge is 0.211 e. The van der Waals surface area contributed by atoms with Gasteiger partial charge in [-0.15, -0.1) is 0 Å². The van der Waals surface area contributed by atoms with E-state index in [-0.39, 0.29) is 5.92 Å². The first-order chi connectivity index (χ1) is 10.9. The summed E-state index contributed by atoms with van der Waals surface area (Å²) in [5.74, 6) is 1.36. The Morgan fingerprint density at radius 3 is 2.91 bits per heavy atom. The van der Waals surface area contributed by atoms with Gasteiger partial charge in [-0.3, -0.25) is 0 Å². The van der Waals surface area contributed by atoms with E-state index in [0.29, 0.717) is 30.4 Å². The van der Waals surface area contributed by atoms with Crippen LogP contribution in [0, 0.1) is 0 Å². The lowest BCUT2D eigenvalue weighted by molar-refractivity contribution is 0.283. The van der Waals surface area contributed by atoms with Gasteiger partial charge in [0.2, 0.25) is 10.0 Å². The van der Waals surface area contributed by atoms with Crippen LogP contribution in [0.2, 0.25) is 5.02 Å². The highest BCUT2D eigenvalue weighted by molar-refractivity contribution is 7.88. The Balaban J connectivity index is 1.73. The summed E-state index contributed by atoms with van der Waals surface area (Å²) in [7, 11) is -3.17. The van der Waals surface area contributed by atoms with Crippen molar-refractivity contribution in [3.63, 3.8) is 0 Å². The van der Waals surface area contributed by atoms with Crippen LogP contribution in [0.4, 0.5) is 0 Å². The van der Waals surface area contributed by atoms with Crippen LogP contribution in [0.15, 0.2) is 34.9 Å². The Hall–Kier alpha value is -1.37. The largest absolute Gasteiger partial charge is 0.445 e. The fraction of sp³-hybridized carbons (Fsp3) is 0.438. The molecule has 7 heteroatoms. The van der Waals surface area contributed by atoms with E-state index in [9.17, 15) is 8.42 Å². The molecule has 1 atom stereocenters. The van der Waals surface area contributed by atoms with Gasteiger partial charge >= 0.3 is 0 Å². The number of sulfonamides is 1. The first kappa shape index (κ1) is 16.5. The third kappa shape index (κ3) is 3.94. The maximum atomic E-state index is 11.7. The molecule has 0 amide bonds. The highest BCUT2D eigenvalue weighted by Gasteiger charge is 2.29. The molecule has 1 saturated heterocycles. The van der Waals surface area contributed by atoms with E-state index in [4.69, 9.17) is 16.0 Å². The van der Waals surface area contributed by atoms with Crippen LogP contribution in [0.25, 0.3) is 0 Å². The van der Waals surface area contributed by atoms with Crippen molar-refractivity contribution >= 4 is 21.6 Å². The Morgan fingerprint density at radius 2 is 2.17 bits per heavy atom. The number of piperidine rings is 1. The molecule has 5 nitrogen and oxygen atoms in total. The van der Waals surface area contributed by atoms with Gasteiger partial charge in [-0.2, -0.15) is 0 Å². The molecule has 124 valence electrons. The van der Waals surface area contributed by atoms with E-state index in [2.05, 4.69) is 4.98 Å². The Kier molecular flexibility index (Phi) is 4.75. The van der Waals surface area contributed by atoms with Gasteiger partial charge in [0.15, 0.2) is 5.89 Å². The molecule has 1 aromatic heterocycles. The van der Waals surface area contributed by atoms with Crippen molar-refractivity contribution in [2.75, 3.05) is 19.3 Å². The molecule has 1 aliphatic rings. The molecule has 1 aliphatic heterocycles. The number of nitrogens with zero attached hydrogens (tertiary/aromatic N) is 2. The van der Waals surface area contributed by atoms with Gasteiger partial charge in [0.05, 0.1) is 12.5 Å². The first-order valence-corrected chi connectivity index (χ1v) is 9.79. The second kappa shape index (κ2) is 6.63. The summed E-state index contributed by atoms with van der Waals surface area (Å²) in [6, 6.07) is 7.62. The summed E-state index contributed by atoms with van der Waals surface area (Å²) in [5, 5.41) is 0.700. The van der Waals surface area contributed by atoms with Gasteiger partial charge < -0.3 is 4.42 Å². The van der Waals surface area contributed by atoms with Crippen molar-refractivity contribution in [3.8, 4) is 0 Å². The number of halogens is 1. The molecule has 0 saturated carbocycles. The molecule has 0 spiro atoms. The van der Waals surface area contributed by atoms with Crippen molar-refractivity contribution in [1.29, 1.82) is 0 Å². The molecule has 0 bridgehead atoms. The van der Waals surface area contributed by atoms with Crippen molar-refractivity contribution in [1.82, 2.24) is 9.29 Å². The SMILES string of the molecule is CS(=O)(=O)N1CCC[C@H](c2ncc(Cc3ccccc3Cl)o2)C1. The maximum Gasteiger partial charge on any atom is 0.211 e. The molecule has 23 heavy (non-hydrogen) atoms. The fourth-order valence-corrected chi connectivity index (χ4v) is 3.98. The Bertz CT molecular complexity index is 788. The lowest BCUT2D eigenvalue weighted by Crippen LogP contribution is -2.38. The third-order valence-corrected chi connectivity index (χ3v) is 5.73. The van der Waals surface area contributed by atoms with E-state index in [1.54, 1.807) is 6.20 Å². The average molecular weight is 355 g/mol. The topological polar surface area (TPSA) is 63.4 Å². The third-order valence-electron chi connectivity index (χ3n) is 4.10. The van der Waals surface area contributed by atoms with Gasteiger partial charge in [0, 0.05) is 30.5 Å². The fourth-order valence-electron chi connectivity index (χ4n) is 2.87. The zero-order valence-electron chi connectivity index (χ0n) is 12.9. The molecule has 2 aromatic rings. The normalized spacial score (nSPS) is 19.8. The van der Waals surface area contributed by atoms with Gasteiger partial charge in [0.1, 0.15) is 5.76 Å². The standard InChI is InChI=1S/C16H19ClN2O3S/c1-23(20,21)19-8-4-6-13(11-19)16-18-10-14(22-16)9-12-5-2-3-7-15(12)17/h2-3,5,7,10,13H,4,6,8-9,11H2,1H3/t13-/m0/s1. The zero-order chi connectivity index (χ0) is 16.4. The number of benzene rings is 1. The second-order valence-electron chi connectivity index (χ2n) is 5.89. The molecular weight excluding hydrogens is 336 g/mol. The van der Waals surface area contributed by atoms with Crippen molar-refractivity contribution in [2.45, 2.75) is 25.2 Å². The van der Waals surface area contributed by atoms with E-state index in [1.807, 2.05) is 24.3 Å². The molecule has 0 radical (unpaired) electrons. The highest BCUT2D eigenvalue weighted by atomic mass is 35.5. The molecule has 2 heterocycles. The van der Waals surface area contributed by atoms with Crippen molar-refractivity contribution in [3.05, 3.63) is 52.7 Å². The van der Waals surface area contributed by atoms with Crippen molar-refractivity contribution < 1.29 is 12.8 Å². The number of oxazole rings is 1. The van der Waals surface area contributed by atoms with Crippen LogP contribution in [0.3, 0.4) is 0 Å². The van der Waals surface area contributed by atoms with Crippen LogP contribution in [-0.2, 0) is 16.4 Å². The van der Waals surface area contributed by atoms with Crippen LogP contribution in [0.5, 0.6) is 0 Å². The van der Waals surface area contributed by atoms with Gasteiger partial charge in [-0.1, -0.05) is 29.8 Å². The summed E-state index contributed by atoms with van der Waals surface area (Å²) in [4.78, 5) is 4.35. The zero-order valence-corrected chi connectivity index (χ0v) is 14.5.